The number of hydrogen-bond acceptors (Lipinski definition) is 3. The second-order valence-electron chi connectivity index (χ2n) is 4.85. The summed E-state index contributed by atoms with van der Waals surface area (Å²) in [5.41, 5.74) is 0.966. The van der Waals surface area contributed by atoms with Crippen LogP contribution in [0.4, 0.5) is 0 Å². The molecule has 0 aromatic heterocycles. The SMILES string of the molecule is C[N+](C)(C)CC(OP(=O)([O-])O)C1=CCC1. The van der Waals surface area contributed by atoms with Crippen LogP contribution in [0.1, 0.15) is 12.8 Å². The topological polar surface area (TPSA) is 69.6 Å². The minimum atomic E-state index is -4.64. The van der Waals surface area contributed by atoms with Gasteiger partial charge in [-0.05, 0) is 18.4 Å². The Kier molecular flexibility index (Phi) is 3.74. The molecule has 0 saturated carbocycles. The number of nitrogens with zero attached hydrogens (tertiary/aromatic N) is 1. The van der Waals surface area contributed by atoms with Crippen molar-refractivity contribution in [2.75, 3.05) is 27.7 Å². The molecule has 1 N–H and O–H groups in total. The summed E-state index contributed by atoms with van der Waals surface area (Å²) >= 11 is 0. The fourth-order valence-electron chi connectivity index (χ4n) is 1.48. The molecule has 88 valence electrons. The lowest BCUT2D eigenvalue weighted by Crippen LogP contribution is -2.43. The van der Waals surface area contributed by atoms with E-state index in [1.165, 1.54) is 0 Å². The van der Waals surface area contributed by atoms with Crippen LogP contribution in [0.15, 0.2) is 11.6 Å². The molecule has 0 aromatic rings. The Balaban J connectivity index is 2.66. The van der Waals surface area contributed by atoms with E-state index in [2.05, 4.69) is 4.52 Å². The second kappa shape index (κ2) is 4.36. The number of phosphoric ester groups is 1. The Morgan fingerprint density at radius 3 is 2.47 bits per heavy atom. The summed E-state index contributed by atoms with van der Waals surface area (Å²) in [6.07, 6.45) is 3.24. The lowest BCUT2D eigenvalue weighted by molar-refractivity contribution is -0.872. The van der Waals surface area contributed by atoms with Crippen LogP contribution in [0.2, 0.25) is 0 Å². The molecule has 0 spiro atoms. The summed E-state index contributed by atoms with van der Waals surface area (Å²) in [7, 11) is 1.20. The van der Waals surface area contributed by atoms with Crippen LogP contribution in [-0.2, 0) is 9.09 Å². The maximum atomic E-state index is 10.7. The number of rotatable bonds is 5. The molecule has 1 rings (SSSR count). The Morgan fingerprint density at radius 2 is 2.20 bits per heavy atom. The summed E-state index contributed by atoms with van der Waals surface area (Å²) in [5.74, 6) is 0. The Hall–Kier alpha value is -0.190. The highest BCUT2D eigenvalue weighted by Gasteiger charge is 2.28. The molecule has 0 aromatic carbocycles. The Morgan fingerprint density at radius 1 is 1.67 bits per heavy atom. The highest BCUT2D eigenvalue weighted by atomic mass is 31.2. The van der Waals surface area contributed by atoms with Gasteiger partial charge in [-0.25, -0.2) is 0 Å². The molecule has 0 aliphatic heterocycles. The van der Waals surface area contributed by atoms with Crippen LogP contribution in [0, 0.1) is 0 Å². The van der Waals surface area contributed by atoms with Gasteiger partial charge in [-0.2, -0.15) is 0 Å². The predicted molar refractivity (Wildman–Crippen MR) is 54.9 cm³/mol. The van der Waals surface area contributed by atoms with E-state index in [1.807, 2.05) is 27.2 Å². The van der Waals surface area contributed by atoms with E-state index in [9.17, 15) is 9.46 Å². The number of quaternary nitrogens is 1. The molecule has 1 aliphatic rings. The van der Waals surface area contributed by atoms with Gasteiger partial charge in [-0.15, -0.1) is 0 Å². The van der Waals surface area contributed by atoms with Gasteiger partial charge in [0, 0.05) is 0 Å². The number of phosphoric acid groups is 1. The molecule has 0 saturated heterocycles. The van der Waals surface area contributed by atoms with Gasteiger partial charge in [0.15, 0.2) is 0 Å². The van der Waals surface area contributed by atoms with Gasteiger partial charge in [0.05, 0.1) is 21.1 Å². The molecular formula is C9H18NO4P. The molecule has 0 heterocycles. The first-order valence-electron chi connectivity index (χ1n) is 4.89. The lowest BCUT2D eigenvalue weighted by atomic mass is 9.93. The maximum absolute atomic E-state index is 10.7. The Bertz CT molecular complexity index is 302. The molecule has 0 radical (unpaired) electrons. The summed E-state index contributed by atoms with van der Waals surface area (Å²) in [4.78, 5) is 19.4. The molecule has 15 heavy (non-hydrogen) atoms. The first-order chi connectivity index (χ1) is 6.67. The molecular weight excluding hydrogens is 217 g/mol. The van der Waals surface area contributed by atoms with Gasteiger partial charge < -0.3 is 18.8 Å². The van der Waals surface area contributed by atoms with Crippen LogP contribution < -0.4 is 4.89 Å². The molecule has 2 atom stereocenters. The number of hydrogen-bond donors (Lipinski definition) is 1. The van der Waals surface area contributed by atoms with Crippen molar-refractivity contribution in [2.24, 2.45) is 0 Å². The number of allylic oxidation sites excluding steroid dienone is 1. The van der Waals surface area contributed by atoms with Crippen LogP contribution in [0.25, 0.3) is 0 Å². The number of likely N-dealkylation sites (N-methyl/N-ethyl adjacent to an activating group) is 1. The van der Waals surface area contributed by atoms with E-state index in [-0.39, 0.29) is 0 Å². The van der Waals surface area contributed by atoms with Crippen molar-refractivity contribution in [1.29, 1.82) is 0 Å². The zero-order valence-electron chi connectivity index (χ0n) is 9.34. The van der Waals surface area contributed by atoms with Gasteiger partial charge in [0.25, 0.3) is 7.82 Å². The smallest absolute Gasteiger partial charge is 0.266 e. The molecule has 0 bridgehead atoms. The van der Waals surface area contributed by atoms with Crippen molar-refractivity contribution >= 4 is 7.82 Å². The first-order valence-corrected chi connectivity index (χ1v) is 6.38. The van der Waals surface area contributed by atoms with Crippen molar-refractivity contribution in [3.63, 3.8) is 0 Å². The summed E-state index contributed by atoms with van der Waals surface area (Å²) < 4.78 is 16.0. The second-order valence-corrected chi connectivity index (χ2v) is 6.00. The monoisotopic (exact) mass is 235 g/mol. The highest BCUT2D eigenvalue weighted by molar-refractivity contribution is 7.44. The van der Waals surface area contributed by atoms with Crippen molar-refractivity contribution < 1.29 is 23.4 Å². The quantitative estimate of drug-likeness (QED) is 0.421. The molecule has 0 fully saturated rings. The summed E-state index contributed by atoms with van der Waals surface area (Å²) in [6.45, 7) is 0.526. The predicted octanol–water partition coefficient (Wildman–Crippen LogP) is 0.259. The molecule has 5 nitrogen and oxygen atoms in total. The standard InChI is InChI=1S/C9H18NO4P/c1-10(2,3)7-9(8-5-4-6-8)14-15(11,12)13/h5,9H,4,6-7H2,1-3H3,(H-,11,12,13). The van der Waals surface area contributed by atoms with Crippen LogP contribution in [-0.4, -0.2) is 43.2 Å². The van der Waals surface area contributed by atoms with Gasteiger partial charge in [-0.1, -0.05) is 6.08 Å². The van der Waals surface area contributed by atoms with Crippen LogP contribution >= 0.6 is 7.82 Å². The maximum Gasteiger partial charge on any atom is 0.266 e. The van der Waals surface area contributed by atoms with Crippen LogP contribution in [0.3, 0.4) is 0 Å². The van der Waals surface area contributed by atoms with E-state index in [0.29, 0.717) is 11.0 Å². The highest BCUT2D eigenvalue weighted by Crippen LogP contribution is 2.37. The molecule has 2 unspecified atom stereocenters. The van der Waals surface area contributed by atoms with Crippen molar-refractivity contribution in [3.8, 4) is 0 Å². The average Bonchev–Trinajstić information content (AvgIpc) is 1.71. The minimum Gasteiger partial charge on any atom is -0.756 e. The van der Waals surface area contributed by atoms with E-state index >= 15 is 0 Å². The largest absolute Gasteiger partial charge is 0.756 e. The molecule has 6 heteroatoms. The zero-order chi connectivity index (χ0) is 11.7. The van der Waals surface area contributed by atoms with Gasteiger partial charge in [0.1, 0.15) is 12.6 Å². The first kappa shape index (κ1) is 12.9. The third-order valence-corrected chi connectivity index (χ3v) is 2.75. The van der Waals surface area contributed by atoms with E-state index < -0.39 is 13.9 Å². The van der Waals surface area contributed by atoms with E-state index in [4.69, 9.17) is 4.89 Å². The van der Waals surface area contributed by atoms with Crippen molar-refractivity contribution in [2.45, 2.75) is 18.9 Å². The third kappa shape index (κ3) is 4.91. The van der Waals surface area contributed by atoms with Crippen molar-refractivity contribution in [1.82, 2.24) is 0 Å². The van der Waals surface area contributed by atoms with Crippen LogP contribution in [0.5, 0.6) is 0 Å². The third-order valence-electron chi connectivity index (χ3n) is 2.23. The normalized spacial score (nSPS) is 22.6. The molecule has 0 amide bonds. The fourth-order valence-corrected chi connectivity index (χ4v) is 2.00. The fraction of sp³-hybridized carbons (Fsp3) is 0.778. The van der Waals surface area contributed by atoms with Crippen molar-refractivity contribution in [3.05, 3.63) is 11.6 Å². The molecule has 1 aliphatic carbocycles. The van der Waals surface area contributed by atoms with Gasteiger partial charge >= 0.3 is 0 Å². The zero-order valence-corrected chi connectivity index (χ0v) is 10.2. The van der Waals surface area contributed by atoms with E-state index in [0.717, 1.165) is 18.4 Å². The van der Waals surface area contributed by atoms with E-state index in [1.54, 1.807) is 0 Å². The summed E-state index contributed by atoms with van der Waals surface area (Å²) in [5, 5.41) is 0. The minimum absolute atomic E-state index is 0.521. The van der Waals surface area contributed by atoms with Gasteiger partial charge in [-0.3, -0.25) is 4.57 Å². The van der Waals surface area contributed by atoms with Gasteiger partial charge in [0.2, 0.25) is 0 Å². The average molecular weight is 235 g/mol. The summed E-state index contributed by atoms with van der Waals surface area (Å²) in [6, 6.07) is 0. The lowest BCUT2D eigenvalue weighted by Gasteiger charge is -2.34. The Labute approximate surface area is 90.2 Å².